The average Bonchev–Trinajstić information content (AvgIpc) is 2.53. The molecule has 1 atom stereocenters. The molecule has 2 rings (SSSR count). The van der Waals surface area contributed by atoms with E-state index in [0.29, 0.717) is 23.7 Å². The summed E-state index contributed by atoms with van der Waals surface area (Å²) >= 11 is 7.76. The van der Waals surface area contributed by atoms with Crippen molar-refractivity contribution < 1.29 is 9.59 Å². The van der Waals surface area contributed by atoms with Gasteiger partial charge < -0.3 is 16.0 Å². The monoisotopic (exact) mass is 341 g/mol. The minimum atomic E-state index is -0.569. The Bertz CT molecular complexity index is 568. The van der Waals surface area contributed by atoms with Crippen LogP contribution in [0.3, 0.4) is 0 Å². The van der Waals surface area contributed by atoms with Crippen LogP contribution in [0.1, 0.15) is 29.6 Å². The summed E-state index contributed by atoms with van der Waals surface area (Å²) in [5.41, 5.74) is 5.64. The molecular formula is C15H20ClN3O2S. The summed E-state index contributed by atoms with van der Waals surface area (Å²) in [6, 6.07) is 4.86. The van der Waals surface area contributed by atoms with Gasteiger partial charge in [0.2, 0.25) is 0 Å². The highest BCUT2D eigenvalue weighted by Crippen LogP contribution is 2.26. The second-order valence-electron chi connectivity index (χ2n) is 5.24. The number of amides is 3. The molecule has 1 heterocycles. The quantitative estimate of drug-likeness (QED) is 0.827. The minimum absolute atomic E-state index is 0.0391. The summed E-state index contributed by atoms with van der Waals surface area (Å²) in [5.74, 6) is -0.0862. The molecule has 3 N–H and O–H groups in total. The molecule has 0 unspecified atom stereocenters. The molecule has 1 aromatic carbocycles. The summed E-state index contributed by atoms with van der Waals surface area (Å²) in [6.07, 6.45) is 4.80. The van der Waals surface area contributed by atoms with Crippen LogP contribution in [-0.4, -0.2) is 42.2 Å². The number of halogens is 1. The third-order valence-corrected chi connectivity index (χ3v) is 4.86. The molecule has 0 spiro atoms. The van der Waals surface area contributed by atoms with Crippen LogP contribution in [0.2, 0.25) is 5.02 Å². The third-order valence-electron chi connectivity index (χ3n) is 3.80. The van der Waals surface area contributed by atoms with Crippen LogP contribution in [-0.2, 0) is 0 Å². The van der Waals surface area contributed by atoms with Crippen LogP contribution in [0.4, 0.5) is 4.79 Å². The van der Waals surface area contributed by atoms with Crippen LogP contribution in [0.5, 0.6) is 0 Å². The smallest absolute Gasteiger partial charge is 0.312 e. The Kier molecular flexibility index (Phi) is 5.97. The lowest BCUT2D eigenvalue weighted by Gasteiger charge is -2.36. The maximum Gasteiger partial charge on any atom is 0.312 e. The molecule has 3 amide bonds. The fourth-order valence-corrected chi connectivity index (χ4v) is 3.29. The zero-order valence-electron chi connectivity index (χ0n) is 12.5. The Morgan fingerprint density at radius 2 is 2.23 bits per heavy atom. The molecule has 0 bridgehead atoms. The molecule has 7 heteroatoms. The van der Waals surface area contributed by atoms with E-state index in [9.17, 15) is 9.59 Å². The molecule has 1 saturated heterocycles. The molecular weight excluding hydrogens is 322 g/mol. The van der Waals surface area contributed by atoms with Gasteiger partial charge in [0.05, 0.1) is 10.6 Å². The normalized spacial score (nSPS) is 18.1. The third kappa shape index (κ3) is 4.08. The SMILES string of the molecule is CSc1ccc(Cl)c(C(=O)N2CCCC[C@H]2CNC(N)=O)c1. The number of primary amides is 1. The number of carbonyl (C=O) groups is 2. The summed E-state index contributed by atoms with van der Waals surface area (Å²) in [4.78, 5) is 26.5. The number of thioether (sulfide) groups is 1. The second-order valence-corrected chi connectivity index (χ2v) is 6.53. The van der Waals surface area contributed by atoms with Crippen molar-refractivity contribution in [2.45, 2.75) is 30.2 Å². The number of nitrogens with one attached hydrogen (secondary N) is 1. The number of hydrogen-bond donors (Lipinski definition) is 2. The van der Waals surface area contributed by atoms with E-state index < -0.39 is 6.03 Å². The van der Waals surface area contributed by atoms with E-state index in [1.165, 1.54) is 0 Å². The van der Waals surface area contributed by atoms with Crippen molar-refractivity contribution >= 4 is 35.3 Å². The zero-order valence-corrected chi connectivity index (χ0v) is 14.0. The van der Waals surface area contributed by atoms with E-state index in [1.54, 1.807) is 22.7 Å². The van der Waals surface area contributed by atoms with Crippen LogP contribution < -0.4 is 11.1 Å². The van der Waals surface area contributed by atoms with E-state index in [4.69, 9.17) is 17.3 Å². The maximum atomic E-state index is 12.8. The lowest BCUT2D eigenvalue weighted by atomic mass is 10.0. The topological polar surface area (TPSA) is 75.4 Å². The van der Waals surface area contributed by atoms with Crippen molar-refractivity contribution in [3.63, 3.8) is 0 Å². The Hall–Kier alpha value is -1.40. The van der Waals surface area contributed by atoms with E-state index in [2.05, 4.69) is 5.32 Å². The molecule has 5 nitrogen and oxygen atoms in total. The predicted octanol–water partition coefficient (Wildman–Crippen LogP) is 2.72. The number of carbonyl (C=O) groups excluding carboxylic acids is 2. The molecule has 1 aliphatic heterocycles. The van der Waals surface area contributed by atoms with E-state index in [0.717, 1.165) is 24.2 Å². The van der Waals surface area contributed by atoms with E-state index in [1.807, 2.05) is 18.4 Å². The van der Waals surface area contributed by atoms with Crippen molar-refractivity contribution in [3.8, 4) is 0 Å². The first-order valence-electron chi connectivity index (χ1n) is 7.20. The molecule has 0 saturated carbocycles. The van der Waals surface area contributed by atoms with Gasteiger partial charge in [-0.2, -0.15) is 0 Å². The number of hydrogen-bond acceptors (Lipinski definition) is 3. The number of benzene rings is 1. The first-order chi connectivity index (χ1) is 10.5. The van der Waals surface area contributed by atoms with Gasteiger partial charge in [0.25, 0.3) is 5.91 Å². The Labute approximate surface area is 139 Å². The molecule has 0 radical (unpaired) electrons. The van der Waals surface area contributed by atoms with Crippen molar-refractivity contribution in [2.24, 2.45) is 5.73 Å². The summed E-state index contributed by atoms with van der Waals surface area (Å²) in [7, 11) is 0. The van der Waals surface area contributed by atoms with Crippen LogP contribution in [0.25, 0.3) is 0 Å². The number of nitrogens with zero attached hydrogens (tertiary/aromatic N) is 1. The highest BCUT2D eigenvalue weighted by molar-refractivity contribution is 7.98. The lowest BCUT2D eigenvalue weighted by molar-refractivity contribution is 0.0615. The molecule has 120 valence electrons. The largest absolute Gasteiger partial charge is 0.352 e. The zero-order chi connectivity index (χ0) is 16.1. The van der Waals surface area contributed by atoms with Crippen LogP contribution in [0.15, 0.2) is 23.1 Å². The van der Waals surface area contributed by atoms with Crippen molar-refractivity contribution in [3.05, 3.63) is 28.8 Å². The van der Waals surface area contributed by atoms with Gasteiger partial charge in [0.15, 0.2) is 0 Å². The number of urea groups is 1. The highest BCUT2D eigenvalue weighted by Gasteiger charge is 2.28. The van der Waals surface area contributed by atoms with Gasteiger partial charge in [0.1, 0.15) is 0 Å². The fraction of sp³-hybridized carbons (Fsp3) is 0.467. The van der Waals surface area contributed by atoms with Gasteiger partial charge in [0, 0.05) is 24.0 Å². The standard InChI is InChI=1S/C15H20ClN3O2S/c1-22-11-5-6-13(16)12(8-11)14(20)19-7-3-2-4-10(19)9-18-15(17)21/h5-6,8,10H,2-4,7,9H2,1H3,(H3,17,18,21)/t10-/m0/s1. The highest BCUT2D eigenvalue weighted by atomic mass is 35.5. The van der Waals surface area contributed by atoms with Crippen molar-refractivity contribution in [1.82, 2.24) is 10.2 Å². The molecule has 0 aromatic heterocycles. The predicted molar refractivity (Wildman–Crippen MR) is 89.5 cm³/mol. The molecule has 22 heavy (non-hydrogen) atoms. The molecule has 0 aliphatic carbocycles. The lowest BCUT2D eigenvalue weighted by Crippen LogP contribution is -2.50. The van der Waals surface area contributed by atoms with Gasteiger partial charge in [-0.3, -0.25) is 4.79 Å². The van der Waals surface area contributed by atoms with Gasteiger partial charge in [-0.05, 0) is 43.7 Å². The van der Waals surface area contributed by atoms with Gasteiger partial charge >= 0.3 is 6.03 Å². The van der Waals surface area contributed by atoms with Crippen LogP contribution >= 0.6 is 23.4 Å². The van der Waals surface area contributed by atoms with E-state index >= 15 is 0 Å². The molecule has 1 aliphatic rings. The molecule has 1 aromatic rings. The first-order valence-corrected chi connectivity index (χ1v) is 8.81. The fourth-order valence-electron chi connectivity index (χ4n) is 2.65. The number of nitrogens with two attached hydrogens (primary N) is 1. The van der Waals surface area contributed by atoms with Gasteiger partial charge in [-0.25, -0.2) is 4.79 Å². The summed E-state index contributed by atoms with van der Waals surface area (Å²) in [5, 5.41) is 3.05. The molecule has 1 fully saturated rings. The minimum Gasteiger partial charge on any atom is -0.352 e. The number of likely N-dealkylation sites (tertiary alicyclic amines) is 1. The van der Waals surface area contributed by atoms with Crippen molar-refractivity contribution in [1.29, 1.82) is 0 Å². The number of rotatable bonds is 4. The summed E-state index contributed by atoms with van der Waals surface area (Å²) in [6.45, 7) is 1.05. The van der Waals surface area contributed by atoms with Crippen LogP contribution in [0, 0.1) is 0 Å². The average molecular weight is 342 g/mol. The number of piperidine rings is 1. The van der Waals surface area contributed by atoms with Crippen molar-refractivity contribution in [2.75, 3.05) is 19.3 Å². The Balaban J connectivity index is 2.19. The Morgan fingerprint density at radius 3 is 2.91 bits per heavy atom. The second kappa shape index (κ2) is 7.74. The van der Waals surface area contributed by atoms with Gasteiger partial charge in [-0.1, -0.05) is 11.6 Å². The Morgan fingerprint density at radius 1 is 1.45 bits per heavy atom. The maximum absolute atomic E-state index is 12.8. The van der Waals surface area contributed by atoms with Gasteiger partial charge in [-0.15, -0.1) is 11.8 Å². The van der Waals surface area contributed by atoms with E-state index in [-0.39, 0.29) is 11.9 Å². The first kappa shape index (κ1) is 17.0. The summed E-state index contributed by atoms with van der Waals surface area (Å²) < 4.78 is 0.